The number of imidazole rings is 1. The van der Waals surface area contributed by atoms with Crippen molar-refractivity contribution in [3.05, 3.63) is 34.8 Å². The Morgan fingerprint density at radius 1 is 1.50 bits per heavy atom. The van der Waals surface area contributed by atoms with Crippen molar-refractivity contribution in [2.75, 3.05) is 6.61 Å². The summed E-state index contributed by atoms with van der Waals surface area (Å²) >= 11 is 3.47. The maximum Gasteiger partial charge on any atom is 0.142 e. The van der Waals surface area contributed by atoms with Crippen LogP contribution in [-0.2, 0) is 13.5 Å². The first kappa shape index (κ1) is 11.3. The van der Waals surface area contributed by atoms with Gasteiger partial charge in [0.1, 0.15) is 10.4 Å². The van der Waals surface area contributed by atoms with Crippen molar-refractivity contribution in [1.82, 2.24) is 14.5 Å². The lowest BCUT2D eigenvalue weighted by molar-refractivity contribution is 0.298. The van der Waals surface area contributed by atoms with Crippen LogP contribution in [0.15, 0.2) is 29.1 Å². The molecule has 0 fully saturated rings. The van der Waals surface area contributed by atoms with E-state index in [9.17, 15) is 0 Å². The SMILES string of the molecule is Cn1c(-c2cccnc2)nc(CCO)c1Br. The van der Waals surface area contributed by atoms with E-state index in [0.717, 1.165) is 21.7 Å². The van der Waals surface area contributed by atoms with Crippen molar-refractivity contribution in [2.45, 2.75) is 6.42 Å². The maximum absolute atomic E-state index is 8.93. The third kappa shape index (κ3) is 2.01. The van der Waals surface area contributed by atoms with Crippen molar-refractivity contribution in [1.29, 1.82) is 0 Å². The van der Waals surface area contributed by atoms with E-state index < -0.39 is 0 Å². The Morgan fingerprint density at radius 3 is 2.94 bits per heavy atom. The standard InChI is InChI=1S/C11H12BrN3O/c1-15-10(12)9(4-6-16)14-11(15)8-3-2-5-13-7-8/h2-3,5,7,16H,4,6H2,1H3. The van der Waals surface area contributed by atoms with Crippen molar-refractivity contribution in [3.63, 3.8) is 0 Å². The van der Waals surface area contributed by atoms with Gasteiger partial charge in [0.2, 0.25) is 0 Å². The summed E-state index contributed by atoms with van der Waals surface area (Å²) in [5.41, 5.74) is 1.83. The fraction of sp³-hybridized carbons (Fsp3) is 0.273. The molecule has 0 bridgehead atoms. The molecule has 1 N–H and O–H groups in total. The highest BCUT2D eigenvalue weighted by Crippen LogP contribution is 2.24. The Labute approximate surface area is 102 Å². The summed E-state index contributed by atoms with van der Waals surface area (Å²) in [4.78, 5) is 8.55. The van der Waals surface area contributed by atoms with Crippen molar-refractivity contribution >= 4 is 15.9 Å². The van der Waals surface area contributed by atoms with E-state index in [1.54, 1.807) is 12.4 Å². The third-order valence-electron chi connectivity index (χ3n) is 2.36. The second-order valence-electron chi connectivity index (χ2n) is 3.45. The lowest BCUT2D eigenvalue weighted by atomic mass is 10.3. The van der Waals surface area contributed by atoms with Gasteiger partial charge in [-0.2, -0.15) is 0 Å². The van der Waals surface area contributed by atoms with Gasteiger partial charge in [-0.1, -0.05) is 0 Å². The molecule has 5 heteroatoms. The largest absolute Gasteiger partial charge is 0.396 e. The summed E-state index contributed by atoms with van der Waals surface area (Å²) < 4.78 is 2.85. The zero-order chi connectivity index (χ0) is 11.5. The molecule has 0 spiro atoms. The van der Waals surface area contributed by atoms with Gasteiger partial charge in [0.15, 0.2) is 0 Å². The molecule has 0 aliphatic heterocycles. The number of aromatic nitrogens is 3. The molecule has 0 saturated carbocycles. The molecule has 0 aromatic carbocycles. The number of hydrogen-bond acceptors (Lipinski definition) is 3. The highest BCUT2D eigenvalue weighted by Gasteiger charge is 2.13. The van der Waals surface area contributed by atoms with Crippen molar-refractivity contribution in [3.8, 4) is 11.4 Å². The van der Waals surface area contributed by atoms with E-state index >= 15 is 0 Å². The molecule has 0 atom stereocenters. The summed E-state index contributed by atoms with van der Waals surface area (Å²) in [5.74, 6) is 0.850. The van der Waals surface area contributed by atoms with E-state index in [-0.39, 0.29) is 6.61 Å². The molecule has 2 aromatic rings. The van der Waals surface area contributed by atoms with Gasteiger partial charge in [-0.25, -0.2) is 4.98 Å². The van der Waals surface area contributed by atoms with Crippen LogP contribution in [0.25, 0.3) is 11.4 Å². The van der Waals surface area contributed by atoms with Crippen LogP contribution in [0.1, 0.15) is 5.69 Å². The Balaban J connectivity index is 2.46. The predicted molar refractivity (Wildman–Crippen MR) is 64.9 cm³/mol. The van der Waals surface area contributed by atoms with E-state index in [4.69, 9.17) is 5.11 Å². The second-order valence-corrected chi connectivity index (χ2v) is 4.20. The number of halogens is 1. The molecule has 0 radical (unpaired) electrons. The van der Waals surface area contributed by atoms with Crippen LogP contribution in [0.5, 0.6) is 0 Å². The summed E-state index contributed by atoms with van der Waals surface area (Å²) in [6.45, 7) is 0.0993. The first-order chi connectivity index (χ1) is 7.74. The molecular formula is C11H12BrN3O. The fourth-order valence-electron chi connectivity index (χ4n) is 1.55. The zero-order valence-electron chi connectivity index (χ0n) is 8.89. The number of hydrogen-bond donors (Lipinski definition) is 1. The highest BCUT2D eigenvalue weighted by atomic mass is 79.9. The van der Waals surface area contributed by atoms with Crippen molar-refractivity contribution < 1.29 is 5.11 Å². The topological polar surface area (TPSA) is 50.9 Å². The van der Waals surface area contributed by atoms with Crippen LogP contribution in [0.4, 0.5) is 0 Å². The number of nitrogens with zero attached hydrogens (tertiary/aromatic N) is 3. The minimum absolute atomic E-state index is 0.0993. The van der Waals surface area contributed by atoms with E-state index in [0.29, 0.717) is 6.42 Å². The maximum atomic E-state index is 8.93. The Bertz CT molecular complexity index is 481. The molecule has 0 unspecified atom stereocenters. The normalized spacial score (nSPS) is 10.7. The molecule has 16 heavy (non-hydrogen) atoms. The van der Waals surface area contributed by atoms with Gasteiger partial charge in [0.25, 0.3) is 0 Å². The van der Waals surface area contributed by atoms with Gasteiger partial charge in [-0.15, -0.1) is 0 Å². The molecule has 4 nitrogen and oxygen atoms in total. The van der Waals surface area contributed by atoms with Gasteiger partial charge in [-0.05, 0) is 28.1 Å². The van der Waals surface area contributed by atoms with Gasteiger partial charge >= 0.3 is 0 Å². The van der Waals surface area contributed by atoms with E-state index in [2.05, 4.69) is 25.9 Å². The molecule has 2 rings (SSSR count). The van der Waals surface area contributed by atoms with Crippen LogP contribution in [0, 0.1) is 0 Å². The van der Waals surface area contributed by atoms with Crippen LogP contribution in [-0.4, -0.2) is 26.2 Å². The van der Waals surface area contributed by atoms with Crippen LogP contribution >= 0.6 is 15.9 Å². The number of pyridine rings is 1. The Kier molecular flexibility index (Phi) is 3.36. The van der Waals surface area contributed by atoms with Crippen molar-refractivity contribution in [2.24, 2.45) is 7.05 Å². The fourth-order valence-corrected chi connectivity index (χ4v) is 2.01. The van der Waals surface area contributed by atoms with Gasteiger partial charge in [0, 0.05) is 38.0 Å². The lowest BCUT2D eigenvalue weighted by Crippen LogP contribution is -1.93. The predicted octanol–water partition coefficient (Wildman–Crippen LogP) is 1.78. The first-order valence-electron chi connectivity index (χ1n) is 4.96. The van der Waals surface area contributed by atoms with Gasteiger partial charge < -0.3 is 9.67 Å². The smallest absolute Gasteiger partial charge is 0.142 e. The Morgan fingerprint density at radius 2 is 2.31 bits per heavy atom. The molecule has 0 aliphatic carbocycles. The third-order valence-corrected chi connectivity index (χ3v) is 3.35. The van der Waals surface area contributed by atoms with Gasteiger partial charge in [0.05, 0.1) is 5.69 Å². The minimum atomic E-state index is 0.0993. The van der Waals surface area contributed by atoms with Crippen LogP contribution in [0.2, 0.25) is 0 Å². The zero-order valence-corrected chi connectivity index (χ0v) is 10.5. The van der Waals surface area contributed by atoms with Crippen LogP contribution in [0.3, 0.4) is 0 Å². The molecule has 0 aliphatic rings. The Hall–Kier alpha value is -1.20. The molecule has 0 saturated heterocycles. The average Bonchev–Trinajstić information content (AvgIpc) is 2.59. The molecule has 84 valence electrons. The highest BCUT2D eigenvalue weighted by molar-refractivity contribution is 9.10. The monoisotopic (exact) mass is 281 g/mol. The summed E-state index contributed by atoms with van der Waals surface area (Å²) in [6, 6.07) is 3.84. The summed E-state index contributed by atoms with van der Waals surface area (Å²) in [5, 5.41) is 8.93. The summed E-state index contributed by atoms with van der Waals surface area (Å²) in [6.07, 6.45) is 4.06. The molecule has 2 heterocycles. The first-order valence-corrected chi connectivity index (χ1v) is 5.75. The lowest BCUT2D eigenvalue weighted by Gasteiger charge is -2.00. The van der Waals surface area contributed by atoms with E-state index in [1.165, 1.54) is 0 Å². The molecular weight excluding hydrogens is 270 g/mol. The van der Waals surface area contributed by atoms with Gasteiger partial charge in [-0.3, -0.25) is 4.98 Å². The second kappa shape index (κ2) is 4.76. The minimum Gasteiger partial charge on any atom is -0.396 e. The van der Waals surface area contributed by atoms with Crippen LogP contribution < -0.4 is 0 Å². The van der Waals surface area contributed by atoms with E-state index in [1.807, 2.05) is 23.7 Å². The average molecular weight is 282 g/mol. The summed E-state index contributed by atoms with van der Waals surface area (Å²) in [7, 11) is 1.93. The number of rotatable bonds is 3. The number of aliphatic hydroxyl groups excluding tert-OH is 1. The number of aliphatic hydroxyl groups is 1. The molecule has 2 aromatic heterocycles. The molecule has 0 amide bonds. The quantitative estimate of drug-likeness (QED) is 0.933.